The van der Waals surface area contributed by atoms with Gasteiger partial charge in [-0.2, -0.15) is 0 Å². The first kappa shape index (κ1) is 25.7. The molecule has 0 unspecified atom stereocenters. The predicted octanol–water partition coefficient (Wildman–Crippen LogP) is 4.38. The summed E-state index contributed by atoms with van der Waals surface area (Å²) in [6.07, 6.45) is -0.0751. The van der Waals surface area contributed by atoms with Gasteiger partial charge in [0.2, 0.25) is 5.91 Å². The fourth-order valence-corrected chi connectivity index (χ4v) is 3.91. The molecule has 0 aliphatic rings. The highest BCUT2D eigenvalue weighted by atomic mass is 16.5. The normalized spacial score (nSPS) is 12.6. The van der Waals surface area contributed by atoms with E-state index in [2.05, 4.69) is 10.6 Å². The van der Waals surface area contributed by atoms with Gasteiger partial charge < -0.3 is 20.1 Å². The highest BCUT2D eigenvalue weighted by Gasteiger charge is 2.28. The Morgan fingerprint density at radius 2 is 1.51 bits per heavy atom. The predicted molar refractivity (Wildman–Crippen MR) is 135 cm³/mol. The highest BCUT2D eigenvalue weighted by Crippen LogP contribution is 2.20. The van der Waals surface area contributed by atoms with Crippen molar-refractivity contribution in [2.75, 3.05) is 7.11 Å². The zero-order valence-electron chi connectivity index (χ0n) is 20.3. The monoisotopic (exact) mass is 476 g/mol. The van der Waals surface area contributed by atoms with Gasteiger partial charge in [0, 0.05) is 6.42 Å². The van der Waals surface area contributed by atoms with Gasteiger partial charge in [0.1, 0.15) is 18.7 Å². The molecule has 0 saturated heterocycles. The Labute approximate surface area is 205 Å². The van der Waals surface area contributed by atoms with E-state index in [-0.39, 0.29) is 18.9 Å². The van der Waals surface area contributed by atoms with Crippen molar-refractivity contribution in [2.24, 2.45) is 5.92 Å². The molecule has 0 aliphatic heterocycles. The Hall–Kier alpha value is -3.87. The first-order valence-electron chi connectivity index (χ1n) is 11.7. The maximum Gasteiger partial charge on any atom is 0.408 e. The number of amides is 2. The molecule has 0 heterocycles. The van der Waals surface area contributed by atoms with Gasteiger partial charge in [-0.1, -0.05) is 86.6 Å². The molecule has 3 aromatic rings. The number of hydrogen-bond donors (Lipinski definition) is 2. The van der Waals surface area contributed by atoms with Crippen LogP contribution >= 0.6 is 0 Å². The van der Waals surface area contributed by atoms with Crippen LogP contribution in [0.4, 0.5) is 4.79 Å². The number of hydrogen-bond acceptors (Lipinski definition) is 5. The van der Waals surface area contributed by atoms with E-state index in [9.17, 15) is 14.4 Å². The van der Waals surface area contributed by atoms with Crippen LogP contribution in [0.15, 0.2) is 72.8 Å². The smallest absolute Gasteiger partial charge is 0.408 e. The summed E-state index contributed by atoms with van der Waals surface area (Å²) in [5.41, 5.74) is 1.73. The molecule has 2 amide bonds. The SMILES string of the molecule is COC(=O)[C@H](CC(C)C)NC(=O)[C@H](Cc1cccc2ccccc12)NC(=O)OCc1ccccc1. The first-order valence-corrected chi connectivity index (χ1v) is 11.7. The number of benzene rings is 3. The molecule has 3 aromatic carbocycles. The summed E-state index contributed by atoms with van der Waals surface area (Å²) >= 11 is 0. The van der Waals surface area contributed by atoms with Crippen LogP contribution in [0.1, 0.15) is 31.4 Å². The minimum Gasteiger partial charge on any atom is -0.467 e. The fraction of sp³-hybridized carbons (Fsp3) is 0.321. The van der Waals surface area contributed by atoms with Gasteiger partial charge in [-0.05, 0) is 34.2 Å². The number of methoxy groups -OCH3 is 1. The second kappa shape index (κ2) is 12.6. The van der Waals surface area contributed by atoms with Crippen LogP contribution in [0.2, 0.25) is 0 Å². The van der Waals surface area contributed by atoms with Gasteiger partial charge in [-0.3, -0.25) is 4.79 Å². The number of carbonyl (C=O) groups excluding carboxylic acids is 3. The molecule has 0 saturated carbocycles. The van der Waals surface area contributed by atoms with Gasteiger partial charge in [0.25, 0.3) is 0 Å². The number of esters is 1. The van der Waals surface area contributed by atoms with Gasteiger partial charge >= 0.3 is 12.1 Å². The third kappa shape index (κ3) is 7.57. The van der Waals surface area contributed by atoms with Crippen molar-refractivity contribution in [3.63, 3.8) is 0 Å². The van der Waals surface area contributed by atoms with Crippen LogP contribution in [-0.2, 0) is 32.1 Å². The van der Waals surface area contributed by atoms with E-state index in [0.29, 0.717) is 6.42 Å². The van der Waals surface area contributed by atoms with Gasteiger partial charge in [0.05, 0.1) is 7.11 Å². The number of ether oxygens (including phenoxy) is 2. The lowest BCUT2D eigenvalue weighted by Crippen LogP contribution is -2.53. The third-order valence-electron chi connectivity index (χ3n) is 5.63. The summed E-state index contributed by atoms with van der Waals surface area (Å²) in [7, 11) is 1.29. The minimum absolute atomic E-state index is 0.0768. The molecule has 184 valence electrons. The van der Waals surface area contributed by atoms with E-state index >= 15 is 0 Å². The van der Waals surface area contributed by atoms with Crippen molar-refractivity contribution >= 4 is 28.7 Å². The molecule has 2 N–H and O–H groups in total. The largest absolute Gasteiger partial charge is 0.467 e. The van der Waals surface area contributed by atoms with E-state index in [4.69, 9.17) is 9.47 Å². The zero-order chi connectivity index (χ0) is 25.2. The van der Waals surface area contributed by atoms with Gasteiger partial charge in [0.15, 0.2) is 0 Å². The van der Waals surface area contributed by atoms with Crippen LogP contribution < -0.4 is 10.6 Å². The summed E-state index contributed by atoms with van der Waals surface area (Å²) in [4.78, 5) is 38.2. The van der Waals surface area contributed by atoms with Gasteiger partial charge in [-0.15, -0.1) is 0 Å². The van der Waals surface area contributed by atoms with Crippen molar-refractivity contribution in [1.82, 2.24) is 10.6 Å². The maximum absolute atomic E-state index is 13.3. The molecule has 0 bridgehead atoms. The molecule has 7 heteroatoms. The van der Waals surface area contributed by atoms with Crippen molar-refractivity contribution < 1.29 is 23.9 Å². The highest BCUT2D eigenvalue weighted by molar-refractivity contribution is 5.91. The Kier molecular flexibility index (Phi) is 9.23. The molecule has 0 aliphatic carbocycles. The molecular formula is C28H32N2O5. The molecular weight excluding hydrogens is 444 g/mol. The summed E-state index contributed by atoms with van der Waals surface area (Å²) in [5, 5.41) is 7.47. The molecule has 0 aromatic heterocycles. The number of carbonyl (C=O) groups is 3. The van der Waals surface area contributed by atoms with Crippen molar-refractivity contribution in [3.8, 4) is 0 Å². The van der Waals surface area contributed by atoms with Crippen molar-refractivity contribution in [3.05, 3.63) is 83.9 Å². The Bertz CT molecular complexity index is 1140. The average molecular weight is 477 g/mol. The van der Waals surface area contributed by atoms with E-state index in [1.54, 1.807) is 0 Å². The molecule has 0 fully saturated rings. The topological polar surface area (TPSA) is 93.7 Å². The quantitative estimate of drug-likeness (QED) is 0.424. The summed E-state index contributed by atoms with van der Waals surface area (Å²) in [6.45, 7) is 3.98. The van der Waals surface area contributed by atoms with E-state index in [1.165, 1.54) is 7.11 Å². The first-order chi connectivity index (χ1) is 16.9. The van der Waals surface area contributed by atoms with E-state index in [1.807, 2.05) is 86.6 Å². The lowest BCUT2D eigenvalue weighted by Gasteiger charge is -2.23. The van der Waals surface area contributed by atoms with E-state index in [0.717, 1.165) is 21.9 Å². The van der Waals surface area contributed by atoms with Crippen molar-refractivity contribution in [2.45, 2.75) is 45.4 Å². The minimum atomic E-state index is -0.955. The molecule has 0 radical (unpaired) electrons. The maximum atomic E-state index is 13.3. The Morgan fingerprint density at radius 3 is 2.23 bits per heavy atom. The van der Waals surface area contributed by atoms with Crippen LogP contribution in [0, 0.1) is 5.92 Å². The van der Waals surface area contributed by atoms with Crippen LogP contribution in [0.25, 0.3) is 10.8 Å². The standard InChI is InChI=1S/C28H32N2O5/c1-19(2)16-25(27(32)34-3)29-26(31)24(30-28(33)35-18-20-10-5-4-6-11-20)17-22-14-9-13-21-12-7-8-15-23(21)22/h4-15,19,24-25H,16-18H2,1-3H3,(H,29,31)(H,30,33)/t24-,25-/m0/s1. The molecule has 7 nitrogen and oxygen atoms in total. The second-order valence-electron chi connectivity index (χ2n) is 8.81. The number of rotatable bonds is 10. The lowest BCUT2D eigenvalue weighted by molar-refractivity contribution is -0.145. The molecule has 2 atom stereocenters. The summed E-state index contributed by atoms with van der Waals surface area (Å²) < 4.78 is 10.2. The summed E-state index contributed by atoms with van der Waals surface area (Å²) in [6, 6.07) is 21.2. The molecule has 3 rings (SSSR count). The zero-order valence-corrected chi connectivity index (χ0v) is 20.3. The number of nitrogens with one attached hydrogen (secondary N) is 2. The number of alkyl carbamates (subject to hydrolysis) is 1. The summed E-state index contributed by atoms with van der Waals surface area (Å²) in [5.74, 6) is -0.854. The Morgan fingerprint density at radius 1 is 0.829 bits per heavy atom. The molecule has 0 spiro atoms. The van der Waals surface area contributed by atoms with Gasteiger partial charge in [-0.25, -0.2) is 9.59 Å². The lowest BCUT2D eigenvalue weighted by atomic mass is 9.97. The Balaban J connectivity index is 1.80. The second-order valence-corrected chi connectivity index (χ2v) is 8.81. The van der Waals surface area contributed by atoms with Crippen LogP contribution in [-0.4, -0.2) is 37.2 Å². The van der Waals surface area contributed by atoms with E-state index < -0.39 is 30.1 Å². The fourth-order valence-electron chi connectivity index (χ4n) is 3.91. The van der Waals surface area contributed by atoms with Crippen LogP contribution in [0.5, 0.6) is 0 Å². The third-order valence-corrected chi connectivity index (χ3v) is 5.63. The average Bonchev–Trinajstić information content (AvgIpc) is 2.86. The number of fused-ring (bicyclic) bond motifs is 1. The van der Waals surface area contributed by atoms with Crippen LogP contribution in [0.3, 0.4) is 0 Å². The molecule has 35 heavy (non-hydrogen) atoms. The van der Waals surface area contributed by atoms with Crippen molar-refractivity contribution in [1.29, 1.82) is 0 Å².